The molecule has 0 atom stereocenters. The zero-order valence-corrected chi connectivity index (χ0v) is 13.1. The van der Waals surface area contributed by atoms with Crippen molar-refractivity contribution in [2.45, 2.75) is 6.42 Å². The Morgan fingerprint density at radius 3 is 2.96 bits per heavy atom. The first-order chi connectivity index (χ1) is 11.1. The summed E-state index contributed by atoms with van der Waals surface area (Å²) in [4.78, 5) is 25.0. The van der Waals surface area contributed by atoms with Crippen molar-refractivity contribution in [2.75, 3.05) is 32.5 Å². The van der Waals surface area contributed by atoms with Crippen molar-refractivity contribution in [2.24, 2.45) is 0 Å². The van der Waals surface area contributed by atoms with Gasteiger partial charge in [-0.3, -0.25) is 4.98 Å². The molecular weight excluding hydrogens is 294 g/mol. The topological polar surface area (TPSA) is 94.1 Å². The minimum atomic E-state index is -0.984. The van der Waals surface area contributed by atoms with E-state index >= 15 is 0 Å². The smallest absolute Gasteiger partial charge is 0.352 e. The highest BCUT2D eigenvalue weighted by Crippen LogP contribution is 2.29. The number of H-pyrrole nitrogens is 1. The SMILES string of the molecule is CN(C)CCCNc1nc2cnccc2c2cc(C(=O)O)[nH]c12. The number of nitrogens with zero attached hydrogens (tertiary/aromatic N) is 3. The maximum atomic E-state index is 11.3. The largest absolute Gasteiger partial charge is 0.477 e. The van der Waals surface area contributed by atoms with E-state index in [0.717, 1.165) is 35.8 Å². The third kappa shape index (κ3) is 3.09. The average molecular weight is 313 g/mol. The third-order valence-corrected chi connectivity index (χ3v) is 3.68. The zero-order chi connectivity index (χ0) is 16.4. The second kappa shape index (κ2) is 6.21. The Kier molecular flexibility index (Phi) is 4.12. The van der Waals surface area contributed by atoms with Crippen LogP contribution in [0.1, 0.15) is 16.9 Å². The van der Waals surface area contributed by atoms with Crippen molar-refractivity contribution >= 4 is 33.6 Å². The van der Waals surface area contributed by atoms with Gasteiger partial charge in [-0.1, -0.05) is 0 Å². The number of pyridine rings is 2. The van der Waals surface area contributed by atoms with Crippen molar-refractivity contribution in [3.8, 4) is 0 Å². The van der Waals surface area contributed by atoms with E-state index in [1.165, 1.54) is 0 Å². The number of fused-ring (bicyclic) bond motifs is 3. The van der Waals surface area contributed by atoms with E-state index in [0.29, 0.717) is 11.3 Å². The van der Waals surface area contributed by atoms with E-state index in [4.69, 9.17) is 0 Å². The molecule has 0 aliphatic carbocycles. The van der Waals surface area contributed by atoms with Crippen molar-refractivity contribution < 1.29 is 9.90 Å². The summed E-state index contributed by atoms with van der Waals surface area (Å²) >= 11 is 0. The average Bonchev–Trinajstić information content (AvgIpc) is 2.97. The molecule has 0 unspecified atom stereocenters. The monoisotopic (exact) mass is 313 g/mol. The predicted molar refractivity (Wildman–Crippen MR) is 90.0 cm³/mol. The molecular formula is C16H19N5O2. The van der Waals surface area contributed by atoms with E-state index < -0.39 is 5.97 Å². The van der Waals surface area contributed by atoms with Crippen LogP contribution in [0.25, 0.3) is 21.8 Å². The van der Waals surface area contributed by atoms with Crippen LogP contribution in [0, 0.1) is 0 Å². The number of aromatic nitrogens is 3. The number of carboxylic acid groups (broad SMARTS) is 1. The van der Waals surface area contributed by atoms with Gasteiger partial charge >= 0.3 is 5.97 Å². The Morgan fingerprint density at radius 2 is 2.22 bits per heavy atom. The lowest BCUT2D eigenvalue weighted by atomic mass is 10.1. The van der Waals surface area contributed by atoms with E-state index in [2.05, 4.69) is 25.2 Å². The van der Waals surface area contributed by atoms with Crippen LogP contribution in [0.15, 0.2) is 24.5 Å². The molecule has 3 rings (SSSR count). The number of aromatic amines is 1. The predicted octanol–water partition coefficient (Wildman–Crippen LogP) is 2.17. The molecule has 0 spiro atoms. The van der Waals surface area contributed by atoms with Gasteiger partial charge in [-0.05, 0) is 39.2 Å². The highest BCUT2D eigenvalue weighted by atomic mass is 16.4. The minimum Gasteiger partial charge on any atom is -0.477 e. The highest BCUT2D eigenvalue weighted by Gasteiger charge is 2.14. The van der Waals surface area contributed by atoms with Crippen LogP contribution in [-0.2, 0) is 0 Å². The zero-order valence-electron chi connectivity index (χ0n) is 13.1. The van der Waals surface area contributed by atoms with E-state index in [1.807, 2.05) is 20.2 Å². The summed E-state index contributed by atoms with van der Waals surface area (Å²) in [5.74, 6) is -0.325. The molecule has 3 aromatic rings. The summed E-state index contributed by atoms with van der Waals surface area (Å²) in [7, 11) is 4.06. The van der Waals surface area contributed by atoms with Gasteiger partial charge in [0, 0.05) is 23.5 Å². The number of carboxylic acids is 1. The van der Waals surface area contributed by atoms with Crippen LogP contribution < -0.4 is 5.32 Å². The van der Waals surface area contributed by atoms with Crippen LogP contribution in [0.4, 0.5) is 5.82 Å². The number of hydrogen-bond acceptors (Lipinski definition) is 5. The van der Waals surface area contributed by atoms with Crippen molar-refractivity contribution in [3.63, 3.8) is 0 Å². The normalized spacial score (nSPS) is 11.4. The van der Waals surface area contributed by atoms with Crippen LogP contribution >= 0.6 is 0 Å². The summed E-state index contributed by atoms with van der Waals surface area (Å²) in [5.41, 5.74) is 1.61. The van der Waals surface area contributed by atoms with E-state index in [9.17, 15) is 9.90 Å². The van der Waals surface area contributed by atoms with Crippen molar-refractivity contribution in [3.05, 3.63) is 30.2 Å². The molecule has 3 aromatic heterocycles. The van der Waals surface area contributed by atoms with Gasteiger partial charge in [-0.2, -0.15) is 0 Å². The quantitative estimate of drug-likeness (QED) is 0.604. The van der Waals surface area contributed by atoms with Gasteiger partial charge in [0.15, 0.2) is 5.82 Å². The maximum Gasteiger partial charge on any atom is 0.352 e. The first-order valence-electron chi connectivity index (χ1n) is 7.44. The fourth-order valence-electron chi connectivity index (χ4n) is 2.58. The van der Waals surface area contributed by atoms with Gasteiger partial charge in [-0.15, -0.1) is 0 Å². The Morgan fingerprint density at radius 1 is 1.39 bits per heavy atom. The number of hydrogen-bond donors (Lipinski definition) is 3. The van der Waals surface area contributed by atoms with Gasteiger partial charge in [0.1, 0.15) is 5.69 Å². The molecule has 0 radical (unpaired) electrons. The molecule has 7 heteroatoms. The van der Waals surface area contributed by atoms with Gasteiger partial charge < -0.3 is 20.3 Å². The van der Waals surface area contributed by atoms with Gasteiger partial charge in [0.25, 0.3) is 0 Å². The summed E-state index contributed by atoms with van der Waals surface area (Å²) in [6.07, 6.45) is 4.34. The summed E-state index contributed by atoms with van der Waals surface area (Å²) in [5, 5.41) is 14.3. The first-order valence-corrected chi connectivity index (χ1v) is 7.44. The molecule has 0 fully saturated rings. The molecule has 3 N–H and O–H groups in total. The molecule has 0 aromatic carbocycles. The van der Waals surface area contributed by atoms with E-state index in [1.54, 1.807) is 18.5 Å². The Labute approximate surface area is 133 Å². The fourth-order valence-corrected chi connectivity index (χ4v) is 2.58. The van der Waals surface area contributed by atoms with Gasteiger partial charge in [0.05, 0.1) is 17.2 Å². The molecule has 0 saturated heterocycles. The molecule has 0 aliphatic rings. The molecule has 0 saturated carbocycles. The van der Waals surface area contributed by atoms with Crippen molar-refractivity contribution in [1.29, 1.82) is 0 Å². The van der Waals surface area contributed by atoms with Gasteiger partial charge in [-0.25, -0.2) is 9.78 Å². The molecule has 3 heterocycles. The minimum absolute atomic E-state index is 0.155. The number of anilines is 1. The third-order valence-electron chi connectivity index (χ3n) is 3.68. The fraction of sp³-hybridized carbons (Fsp3) is 0.312. The lowest BCUT2D eigenvalue weighted by Gasteiger charge is -2.11. The van der Waals surface area contributed by atoms with Gasteiger partial charge in [0.2, 0.25) is 0 Å². The van der Waals surface area contributed by atoms with E-state index in [-0.39, 0.29) is 5.69 Å². The standard InChI is InChI=1S/C16H19N5O2/c1-21(2)7-3-5-18-15-14-11(8-12(19-14)16(22)23)10-4-6-17-9-13(10)20-15/h4,6,8-9,19H,3,5,7H2,1-2H3,(H,18,20)(H,22,23). The molecule has 0 bridgehead atoms. The van der Waals surface area contributed by atoms with Crippen molar-refractivity contribution in [1.82, 2.24) is 19.9 Å². The Hall–Kier alpha value is -2.67. The summed E-state index contributed by atoms with van der Waals surface area (Å²) < 4.78 is 0. The number of nitrogens with one attached hydrogen (secondary N) is 2. The number of carbonyl (C=O) groups is 1. The summed E-state index contributed by atoms with van der Waals surface area (Å²) in [6, 6.07) is 3.49. The first kappa shape index (κ1) is 15.2. The lowest BCUT2D eigenvalue weighted by molar-refractivity contribution is 0.0691. The molecule has 120 valence electrons. The van der Waals surface area contributed by atoms with Crippen LogP contribution in [-0.4, -0.2) is 58.1 Å². The van der Waals surface area contributed by atoms with Crippen LogP contribution in [0.2, 0.25) is 0 Å². The summed E-state index contributed by atoms with van der Waals surface area (Å²) in [6.45, 7) is 1.73. The second-order valence-electron chi connectivity index (χ2n) is 5.71. The Balaban J connectivity index is 2.02. The molecule has 23 heavy (non-hydrogen) atoms. The highest BCUT2D eigenvalue weighted by molar-refractivity contribution is 6.11. The molecule has 7 nitrogen and oxygen atoms in total. The van der Waals surface area contributed by atoms with Crippen LogP contribution in [0.3, 0.4) is 0 Å². The number of rotatable bonds is 6. The van der Waals surface area contributed by atoms with Crippen LogP contribution in [0.5, 0.6) is 0 Å². The molecule has 0 amide bonds. The lowest BCUT2D eigenvalue weighted by Crippen LogP contribution is -2.16. The number of aromatic carboxylic acids is 1. The molecule has 0 aliphatic heterocycles. The Bertz CT molecular complexity index is 856. The maximum absolute atomic E-state index is 11.3. The second-order valence-corrected chi connectivity index (χ2v) is 5.71.